The minimum atomic E-state index is -0.581. The number of hydrogen-bond donors (Lipinski definition) is 1. The Balaban J connectivity index is 2.26. The molecule has 2 rings (SSSR count). The van der Waals surface area contributed by atoms with E-state index >= 15 is 0 Å². The molecule has 1 N–H and O–H groups in total. The van der Waals surface area contributed by atoms with Crippen LogP contribution in [0, 0.1) is 13.8 Å². The number of rotatable bonds is 3. The van der Waals surface area contributed by atoms with Gasteiger partial charge in [-0.3, -0.25) is 0 Å². The van der Waals surface area contributed by atoms with Crippen molar-refractivity contribution in [2.75, 3.05) is 0 Å². The van der Waals surface area contributed by atoms with E-state index in [0.717, 1.165) is 16.9 Å². The Morgan fingerprint density at radius 1 is 1.00 bits per heavy atom. The molecule has 100 valence electrons. The number of hydrogen-bond acceptors (Lipinski definition) is 2. The maximum atomic E-state index is 9.53. The third-order valence-electron chi connectivity index (χ3n) is 2.85. The molecule has 0 radical (unpaired) electrons. The summed E-state index contributed by atoms with van der Waals surface area (Å²) in [6.07, 6.45) is -0.581. The van der Waals surface area contributed by atoms with Crippen LogP contribution in [0.4, 0.5) is 0 Å². The summed E-state index contributed by atoms with van der Waals surface area (Å²) in [5.41, 5.74) is 3.01. The van der Waals surface area contributed by atoms with Crippen LogP contribution >= 0.6 is 11.6 Å². The largest absolute Gasteiger partial charge is 0.457 e. The Morgan fingerprint density at radius 2 is 1.63 bits per heavy atom. The molecule has 3 heteroatoms. The van der Waals surface area contributed by atoms with Crippen molar-refractivity contribution in [2.45, 2.75) is 26.9 Å². The Hall–Kier alpha value is -1.51. The van der Waals surface area contributed by atoms with E-state index in [1.165, 1.54) is 0 Å². The second-order valence-corrected chi connectivity index (χ2v) is 5.19. The lowest BCUT2D eigenvalue weighted by atomic mass is 10.1. The molecule has 0 amide bonds. The molecule has 2 nitrogen and oxygen atoms in total. The van der Waals surface area contributed by atoms with Gasteiger partial charge < -0.3 is 9.84 Å². The van der Waals surface area contributed by atoms with E-state index in [9.17, 15) is 5.11 Å². The van der Waals surface area contributed by atoms with Gasteiger partial charge in [-0.1, -0.05) is 23.7 Å². The highest BCUT2D eigenvalue weighted by molar-refractivity contribution is 6.31. The number of aliphatic hydroxyl groups excluding tert-OH is 1. The molecule has 2 aromatic carbocycles. The van der Waals surface area contributed by atoms with Crippen LogP contribution in [-0.4, -0.2) is 5.11 Å². The van der Waals surface area contributed by atoms with Crippen molar-refractivity contribution in [2.24, 2.45) is 0 Å². The van der Waals surface area contributed by atoms with Gasteiger partial charge in [0.15, 0.2) is 0 Å². The minimum absolute atomic E-state index is 0.511. The van der Waals surface area contributed by atoms with Gasteiger partial charge in [-0.15, -0.1) is 0 Å². The minimum Gasteiger partial charge on any atom is -0.457 e. The van der Waals surface area contributed by atoms with Crippen LogP contribution in [0.1, 0.15) is 29.7 Å². The van der Waals surface area contributed by atoms with Crippen LogP contribution in [-0.2, 0) is 0 Å². The maximum absolute atomic E-state index is 9.53. The van der Waals surface area contributed by atoms with Gasteiger partial charge in [-0.2, -0.15) is 0 Å². The first-order chi connectivity index (χ1) is 8.95. The van der Waals surface area contributed by atoms with Crippen molar-refractivity contribution >= 4 is 11.6 Å². The van der Waals surface area contributed by atoms with Gasteiger partial charge in [0.05, 0.1) is 11.1 Å². The number of halogens is 1. The van der Waals surface area contributed by atoms with Crippen LogP contribution in [0.2, 0.25) is 5.02 Å². The van der Waals surface area contributed by atoms with E-state index < -0.39 is 6.10 Å². The van der Waals surface area contributed by atoms with Gasteiger partial charge >= 0.3 is 0 Å². The van der Waals surface area contributed by atoms with E-state index in [0.29, 0.717) is 16.3 Å². The molecule has 0 aliphatic carbocycles. The highest BCUT2D eigenvalue weighted by atomic mass is 35.5. The Kier molecular flexibility index (Phi) is 4.13. The number of aliphatic hydroxyl groups is 1. The first kappa shape index (κ1) is 13.9. The first-order valence-electron chi connectivity index (χ1n) is 6.19. The van der Waals surface area contributed by atoms with Crippen molar-refractivity contribution in [3.8, 4) is 11.5 Å². The summed E-state index contributed by atoms with van der Waals surface area (Å²) >= 11 is 6.11. The first-order valence-corrected chi connectivity index (χ1v) is 6.57. The van der Waals surface area contributed by atoms with Crippen LogP contribution in [0.3, 0.4) is 0 Å². The van der Waals surface area contributed by atoms with Gasteiger partial charge in [0.1, 0.15) is 11.5 Å². The zero-order valence-electron chi connectivity index (χ0n) is 11.3. The second-order valence-electron chi connectivity index (χ2n) is 4.78. The summed E-state index contributed by atoms with van der Waals surface area (Å²) < 4.78 is 5.79. The van der Waals surface area contributed by atoms with Crippen LogP contribution in [0.15, 0.2) is 36.4 Å². The van der Waals surface area contributed by atoms with E-state index in [1.54, 1.807) is 19.1 Å². The van der Waals surface area contributed by atoms with Crippen LogP contribution < -0.4 is 4.74 Å². The Bertz CT molecular complexity index is 571. The quantitative estimate of drug-likeness (QED) is 0.872. The zero-order chi connectivity index (χ0) is 14.0. The Labute approximate surface area is 118 Å². The SMILES string of the molecule is Cc1cc(C)cc(Oc2ccc(C(C)O)c(Cl)c2)c1. The zero-order valence-corrected chi connectivity index (χ0v) is 12.0. The summed E-state index contributed by atoms with van der Waals surface area (Å²) in [7, 11) is 0. The van der Waals surface area contributed by atoms with Gasteiger partial charge in [0.2, 0.25) is 0 Å². The second kappa shape index (κ2) is 5.64. The molecule has 0 spiro atoms. The van der Waals surface area contributed by atoms with Crippen LogP contribution in [0.25, 0.3) is 0 Å². The molecule has 0 aromatic heterocycles. The third-order valence-corrected chi connectivity index (χ3v) is 3.18. The highest BCUT2D eigenvalue weighted by Gasteiger charge is 2.08. The summed E-state index contributed by atoms with van der Waals surface area (Å²) in [4.78, 5) is 0. The van der Waals surface area contributed by atoms with Crippen molar-refractivity contribution in [3.05, 3.63) is 58.1 Å². The predicted octanol–water partition coefficient (Wildman–Crippen LogP) is 4.80. The maximum Gasteiger partial charge on any atom is 0.128 e. The van der Waals surface area contributed by atoms with Gasteiger partial charge in [-0.25, -0.2) is 0 Å². The molecular formula is C16H17ClO2. The molecule has 2 aromatic rings. The monoisotopic (exact) mass is 276 g/mol. The van der Waals surface area contributed by atoms with E-state index in [4.69, 9.17) is 16.3 Å². The van der Waals surface area contributed by atoms with Crippen molar-refractivity contribution in [1.82, 2.24) is 0 Å². The van der Waals surface area contributed by atoms with Crippen molar-refractivity contribution in [3.63, 3.8) is 0 Å². The summed E-state index contributed by atoms with van der Waals surface area (Å²) in [5, 5.41) is 10.0. The smallest absolute Gasteiger partial charge is 0.128 e. The van der Waals surface area contributed by atoms with Crippen LogP contribution in [0.5, 0.6) is 11.5 Å². The Morgan fingerprint density at radius 3 is 2.16 bits per heavy atom. The fraction of sp³-hybridized carbons (Fsp3) is 0.250. The third kappa shape index (κ3) is 3.49. The van der Waals surface area contributed by atoms with Crippen molar-refractivity contribution < 1.29 is 9.84 Å². The number of ether oxygens (including phenoxy) is 1. The molecule has 0 bridgehead atoms. The molecule has 0 saturated heterocycles. The van der Waals surface area contributed by atoms with E-state index in [1.807, 2.05) is 32.0 Å². The normalized spacial score (nSPS) is 12.3. The fourth-order valence-electron chi connectivity index (χ4n) is 2.04. The molecule has 0 fully saturated rings. The molecule has 1 atom stereocenters. The topological polar surface area (TPSA) is 29.5 Å². The molecule has 1 unspecified atom stereocenters. The fourth-order valence-corrected chi connectivity index (χ4v) is 2.37. The molecular weight excluding hydrogens is 260 g/mol. The lowest BCUT2D eigenvalue weighted by molar-refractivity contribution is 0.199. The summed E-state index contributed by atoms with van der Waals surface area (Å²) in [5.74, 6) is 1.46. The summed E-state index contributed by atoms with van der Waals surface area (Å²) in [6, 6.07) is 11.4. The standard InChI is InChI=1S/C16H17ClO2/c1-10-6-11(2)8-14(7-10)19-13-4-5-15(12(3)18)16(17)9-13/h4-9,12,18H,1-3H3. The van der Waals surface area contributed by atoms with E-state index in [-0.39, 0.29) is 0 Å². The van der Waals surface area contributed by atoms with Crippen molar-refractivity contribution in [1.29, 1.82) is 0 Å². The average molecular weight is 277 g/mol. The molecule has 0 aliphatic rings. The predicted molar refractivity (Wildman–Crippen MR) is 78.1 cm³/mol. The lowest BCUT2D eigenvalue weighted by Gasteiger charge is -2.11. The van der Waals surface area contributed by atoms with Gasteiger partial charge in [-0.05, 0) is 61.7 Å². The van der Waals surface area contributed by atoms with E-state index in [2.05, 4.69) is 6.07 Å². The molecule has 0 heterocycles. The lowest BCUT2D eigenvalue weighted by Crippen LogP contribution is -1.93. The summed E-state index contributed by atoms with van der Waals surface area (Å²) in [6.45, 7) is 5.75. The highest BCUT2D eigenvalue weighted by Crippen LogP contribution is 2.30. The number of aryl methyl sites for hydroxylation is 2. The molecule has 19 heavy (non-hydrogen) atoms. The average Bonchev–Trinajstić information content (AvgIpc) is 2.26. The molecule has 0 saturated carbocycles. The van der Waals surface area contributed by atoms with Gasteiger partial charge in [0, 0.05) is 0 Å². The van der Waals surface area contributed by atoms with Gasteiger partial charge in [0.25, 0.3) is 0 Å². The number of benzene rings is 2. The molecule has 0 aliphatic heterocycles.